The maximum absolute atomic E-state index is 13.5. The molecule has 2 heterocycles. The molecule has 0 aliphatic carbocycles. The Morgan fingerprint density at radius 2 is 2.04 bits per heavy atom. The van der Waals surface area contributed by atoms with Gasteiger partial charge in [0.1, 0.15) is 11.8 Å². The number of nitrogens with one attached hydrogen (secondary N) is 1. The molecule has 0 spiro atoms. The van der Waals surface area contributed by atoms with E-state index in [0.717, 1.165) is 11.1 Å². The van der Waals surface area contributed by atoms with Gasteiger partial charge in [-0.2, -0.15) is 13.2 Å². The van der Waals surface area contributed by atoms with Gasteiger partial charge in [0.05, 0.1) is 6.61 Å². The van der Waals surface area contributed by atoms with E-state index in [-0.39, 0.29) is 12.5 Å². The van der Waals surface area contributed by atoms with E-state index in [1.807, 2.05) is 18.2 Å². The van der Waals surface area contributed by atoms with Crippen LogP contribution in [0, 0.1) is 6.92 Å². The molecule has 0 amide bonds. The molecule has 6 heteroatoms. The van der Waals surface area contributed by atoms with Gasteiger partial charge in [-0.1, -0.05) is 24.3 Å². The van der Waals surface area contributed by atoms with Crippen LogP contribution in [0.1, 0.15) is 29.3 Å². The molecular weight excluding hydrogens is 317 g/mol. The van der Waals surface area contributed by atoms with Gasteiger partial charge in [0, 0.05) is 36.3 Å². The van der Waals surface area contributed by atoms with Crippen LogP contribution in [0.4, 0.5) is 13.2 Å². The van der Waals surface area contributed by atoms with Crippen LogP contribution in [0.5, 0.6) is 5.75 Å². The van der Waals surface area contributed by atoms with Gasteiger partial charge in [-0.25, -0.2) is 0 Å². The maximum atomic E-state index is 13.5. The molecule has 0 unspecified atom stereocenters. The fraction of sp³-hybridized carbons (Fsp3) is 0.389. The van der Waals surface area contributed by atoms with Gasteiger partial charge in [-0.15, -0.1) is 0 Å². The Balaban J connectivity index is 1.83. The molecule has 0 fully saturated rings. The van der Waals surface area contributed by atoms with Crippen LogP contribution in [0.2, 0.25) is 0 Å². The van der Waals surface area contributed by atoms with Crippen molar-refractivity contribution in [3.05, 3.63) is 59.4 Å². The van der Waals surface area contributed by atoms with Crippen LogP contribution in [-0.4, -0.2) is 23.8 Å². The van der Waals surface area contributed by atoms with E-state index in [0.29, 0.717) is 24.5 Å². The van der Waals surface area contributed by atoms with E-state index in [1.165, 1.54) is 6.20 Å². The van der Waals surface area contributed by atoms with Gasteiger partial charge in [0.15, 0.2) is 0 Å². The molecule has 1 aliphatic heterocycles. The number of nitrogens with zero attached hydrogens (tertiary/aromatic N) is 1. The largest absolute Gasteiger partial charge is 0.493 e. The minimum atomic E-state index is -4.35. The lowest BCUT2D eigenvalue weighted by Gasteiger charge is -2.31. The van der Waals surface area contributed by atoms with Gasteiger partial charge in [0.2, 0.25) is 0 Å². The zero-order chi connectivity index (χ0) is 17.2. The number of para-hydroxylation sites is 1. The number of benzene rings is 1. The van der Waals surface area contributed by atoms with Gasteiger partial charge in [-0.05, 0) is 24.6 Å². The molecule has 0 bridgehead atoms. The number of aryl methyl sites for hydroxylation is 1. The molecular formula is C18H19F3N2O. The summed E-state index contributed by atoms with van der Waals surface area (Å²) < 4.78 is 46.2. The lowest BCUT2D eigenvalue weighted by Crippen LogP contribution is -2.46. The third kappa shape index (κ3) is 3.70. The minimum Gasteiger partial charge on any atom is -0.493 e. The Labute approximate surface area is 138 Å². The lowest BCUT2D eigenvalue weighted by molar-refractivity contribution is -0.158. The van der Waals surface area contributed by atoms with Crippen molar-refractivity contribution in [1.82, 2.24) is 10.3 Å². The van der Waals surface area contributed by atoms with Crippen LogP contribution in [0.15, 0.2) is 42.6 Å². The van der Waals surface area contributed by atoms with Crippen molar-refractivity contribution in [3.63, 3.8) is 0 Å². The molecule has 3 nitrogen and oxygen atoms in total. The zero-order valence-electron chi connectivity index (χ0n) is 13.3. The second-order valence-electron chi connectivity index (χ2n) is 5.96. The van der Waals surface area contributed by atoms with Crippen LogP contribution in [0.3, 0.4) is 0 Å². The third-order valence-corrected chi connectivity index (χ3v) is 4.27. The van der Waals surface area contributed by atoms with Crippen molar-refractivity contribution in [1.29, 1.82) is 0 Å². The van der Waals surface area contributed by atoms with Crippen molar-refractivity contribution in [2.75, 3.05) is 6.61 Å². The number of ether oxygens (including phenoxy) is 1. The summed E-state index contributed by atoms with van der Waals surface area (Å²) in [7, 11) is 0. The average molecular weight is 336 g/mol. The molecule has 0 radical (unpaired) electrons. The Morgan fingerprint density at radius 1 is 1.25 bits per heavy atom. The Kier molecular flexibility index (Phi) is 4.76. The number of fused-ring (bicyclic) bond motifs is 1. The number of hydrogen-bond donors (Lipinski definition) is 1. The quantitative estimate of drug-likeness (QED) is 0.917. The predicted molar refractivity (Wildman–Crippen MR) is 85.0 cm³/mol. The highest BCUT2D eigenvalue weighted by Gasteiger charge is 2.41. The molecule has 0 saturated carbocycles. The number of halogens is 3. The molecule has 2 aromatic rings. The second kappa shape index (κ2) is 6.81. The summed E-state index contributed by atoms with van der Waals surface area (Å²) in [6.07, 6.45) is -2.50. The SMILES string of the molecule is Cc1cccnc1C[C@@H](N[C@@H]1CCOc2ccccc21)C(F)(F)F. The van der Waals surface area contributed by atoms with Crippen LogP contribution < -0.4 is 10.1 Å². The molecule has 24 heavy (non-hydrogen) atoms. The zero-order valence-corrected chi connectivity index (χ0v) is 13.3. The van der Waals surface area contributed by atoms with Crippen LogP contribution >= 0.6 is 0 Å². The van der Waals surface area contributed by atoms with E-state index in [4.69, 9.17) is 4.74 Å². The summed E-state index contributed by atoms with van der Waals surface area (Å²) in [5.41, 5.74) is 2.00. The Bertz CT molecular complexity index is 703. The van der Waals surface area contributed by atoms with Crippen LogP contribution in [0.25, 0.3) is 0 Å². The van der Waals surface area contributed by atoms with E-state index in [9.17, 15) is 13.2 Å². The summed E-state index contributed by atoms with van der Waals surface area (Å²) in [5, 5.41) is 2.78. The molecule has 1 aliphatic rings. The summed E-state index contributed by atoms with van der Waals surface area (Å²) in [4.78, 5) is 4.10. The standard InChI is InChI=1S/C18H19F3N2O/c1-12-5-4-9-22-15(12)11-17(18(19,20)21)23-14-8-10-24-16-7-3-2-6-13(14)16/h2-7,9,14,17,23H,8,10-11H2,1H3/t14-,17-/m1/s1. The Hall–Kier alpha value is -2.08. The monoisotopic (exact) mass is 336 g/mol. The number of hydrogen-bond acceptors (Lipinski definition) is 3. The summed E-state index contributed by atoms with van der Waals surface area (Å²) in [6, 6.07) is 8.70. The molecule has 0 saturated heterocycles. The van der Waals surface area contributed by atoms with E-state index in [2.05, 4.69) is 10.3 Å². The third-order valence-electron chi connectivity index (χ3n) is 4.27. The maximum Gasteiger partial charge on any atom is 0.404 e. The highest BCUT2D eigenvalue weighted by Crippen LogP contribution is 2.34. The summed E-state index contributed by atoms with van der Waals surface area (Å²) >= 11 is 0. The molecule has 1 aromatic carbocycles. The van der Waals surface area contributed by atoms with Gasteiger partial charge >= 0.3 is 6.18 Å². The van der Waals surface area contributed by atoms with Crippen molar-refractivity contribution in [2.45, 2.75) is 38.0 Å². The van der Waals surface area contributed by atoms with Crippen molar-refractivity contribution >= 4 is 0 Å². The normalized spacial score (nSPS) is 18.6. The predicted octanol–water partition coefficient (Wildman–Crippen LogP) is 3.98. The average Bonchev–Trinajstić information content (AvgIpc) is 2.55. The first-order valence-electron chi connectivity index (χ1n) is 7.90. The highest BCUT2D eigenvalue weighted by molar-refractivity contribution is 5.37. The van der Waals surface area contributed by atoms with Crippen molar-refractivity contribution in [2.24, 2.45) is 0 Å². The van der Waals surface area contributed by atoms with Crippen molar-refractivity contribution in [3.8, 4) is 5.75 Å². The fourth-order valence-electron chi connectivity index (χ4n) is 2.95. The smallest absolute Gasteiger partial charge is 0.404 e. The van der Waals surface area contributed by atoms with E-state index in [1.54, 1.807) is 25.1 Å². The first-order chi connectivity index (χ1) is 11.4. The van der Waals surface area contributed by atoms with E-state index >= 15 is 0 Å². The molecule has 128 valence electrons. The molecule has 3 rings (SSSR count). The van der Waals surface area contributed by atoms with Crippen LogP contribution in [-0.2, 0) is 6.42 Å². The van der Waals surface area contributed by atoms with Gasteiger partial charge in [0.25, 0.3) is 0 Å². The molecule has 1 N–H and O–H groups in total. The fourth-order valence-corrected chi connectivity index (χ4v) is 2.95. The lowest BCUT2D eigenvalue weighted by atomic mass is 9.98. The summed E-state index contributed by atoms with van der Waals surface area (Å²) in [6.45, 7) is 2.18. The second-order valence-corrected chi connectivity index (χ2v) is 5.96. The number of aromatic nitrogens is 1. The first-order valence-corrected chi connectivity index (χ1v) is 7.90. The highest BCUT2D eigenvalue weighted by atomic mass is 19.4. The number of pyridine rings is 1. The summed E-state index contributed by atoms with van der Waals surface area (Å²) in [5.74, 6) is 0.649. The molecule has 2 atom stereocenters. The topological polar surface area (TPSA) is 34.2 Å². The number of rotatable bonds is 4. The molecule has 1 aromatic heterocycles. The van der Waals surface area contributed by atoms with E-state index < -0.39 is 12.2 Å². The first kappa shape index (κ1) is 16.8. The number of alkyl halides is 3. The van der Waals surface area contributed by atoms with Gasteiger partial charge < -0.3 is 4.74 Å². The Morgan fingerprint density at radius 3 is 2.79 bits per heavy atom. The van der Waals surface area contributed by atoms with Crippen molar-refractivity contribution < 1.29 is 17.9 Å². The minimum absolute atomic E-state index is 0.185. The van der Waals surface area contributed by atoms with Gasteiger partial charge in [-0.3, -0.25) is 10.3 Å².